The zero-order valence-electron chi connectivity index (χ0n) is 16.1. The first kappa shape index (κ1) is 20.8. The highest BCUT2D eigenvalue weighted by Gasteiger charge is 2.16. The van der Waals surface area contributed by atoms with Gasteiger partial charge in [-0.25, -0.2) is 9.98 Å². The first-order valence-corrected chi connectivity index (χ1v) is 9.73. The molecule has 0 bridgehead atoms. The lowest BCUT2D eigenvalue weighted by atomic mass is 9.82. The smallest absolute Gasteiger partial charge is 0.278 e. The number of amides is 2. The molecule has 1 heterocycles. The van der Waals surface area contributed by atoms with E-state index >= 15 is 0 Å². The van der Waals surface area contributed by atoms with Crippen LogP contribution in [0.15, 0.2) is 35.5 Å². The lowest BCUT2D eigenvalue weighted by molar-refractivity contribution is 0.0992. The molecule has 29 heavy (non-hydrogen) atoms. The standard InChI is InChI=1S/C21H22ClN3O4/c1-28-16-8-14(19(23)26)9-17(11-16)29-21-18(22)10-15(12-25-21)20(27)24-7-3-6-13-4-2-5-13/h7-13H,2-6H2,1H3,(H2,23,26)/b24-7-. The number of rotatable bonds is 8. The third kappa shape index (κ3) is 5.54. The van der Waals surface area contributed by atoms with Crippen LogP contribution in [0.1, 0.15) is 52.8 Å². The molecule has 0 saturated heterocycles. The fraction of sp³-hybridized carbons (Fsp3) is 0.333. The van der Waals surface area contributed by atoms with Crippen molar-refractivity contribution < 1.29 is 19.1 Å². The Morgan fingerprint density at radius 1 is 1.24 bits per heavy atom. The number of hydrogen-bond acceptors (Lipinski definition) is 5. The summed E-state index contributed by atoms with van der Waals surface area (Å²) in [7, 11) is 1.46. The molecule has 3 rings (SSSR count). The van der Waals surface area contributed by atoms with E-state index in [0.29, 0.717) is 5.75 Å². The largest absolute Gasteiger partial charge is 0.497 e. The molecule has 0 aliphatic heterocycles. The van der Waals surface area contributed by atoms with E-state index in [1.54, 1.807) is 12.3 Å². The normalized spacial score (nSPS) is 13.9. The van der Waals surface area contributed by atoms with E-state index in [0.717, 1.165) is 18.8 Å². The summed E-state index contributed by atoms with van der Waals surface area (Å²) in [6, 6.07) is 5.96. The number of aliphatic imine (C=N–C) groups is 1. The van der Waals surface area contributed by atoms with Crippen molar-refractivity contribution in [3.8, 4) is 17.4 Å². The Kier molecular flexibility index (Phi) is 6.82. The molecule has 0 spiro atoms. The monoisotopic (exact) mass is 415 g/mol. The van der Waals surface area contributed by atoms with Crippen LogP contribution in [0.4, 0.5) is 0 Å². The minimum Gasteiger partial charge on any atom is -0.497 e. The molecule has 1 aliphatic rings. The average Bonchev–Trinajstić information content (AvgIpc) is 2.67. The maximum absolute atomic E-state index is 12.2. The maximum atomic E-state index is 12.2. The number of nitrogens with zero attached hydrogens (tertiary/aromatic N) is 2. The predicted octanol–water partition coefficient (Wildman–Crippen LogP) is 4.43. The summed E-state index contributed by atoms with van der Waals surface area (Å²) >= 11 is 6.21. The highest BCUT2D eigenvalue weighted by Crippen LogP contribution is 2.31. The van der Waals surface area contributed by atoms with Crippen LogP contribution >= 0.6 is 11.6 Å². The molecule has 1 saturated carbocycles. The van der Waals surface area contributed by atoms with Crippen LogP contribution in [0.3, 0.4) is 0 Å². The Hall–Kier alpha value is -2.93. The average molecular weight is 416 g/mol. The van der Waals surface area contributed by atoms with Gasteiger partial charge in [-0.05, 0) is 37.0 Å². The molecule has 1 aromatic heterocycles. The molecule has 0 atom stereocenters. The van der Waals surface area contributed by atoms with Crippen molar-refractivity contribution in [1.82, 2.24) is 4.98 Å². The summed E-state index contributed by atoms with van der Waals surface area (Å²) in [6.45, 7) is 0. The number of ether oxygens (including phenoxy) is 2. The van der Waals surface area contributed by atoms with Crippen molar-refractivity contribution in [2.75, 3.05) is 7.11 Å². The molecular weight excluding hydrogens is 394 g/mol. The summed E-state index contributed by atoms with van der Waals surface area (Å²) < 4.78 is 10.8. The van der Waals surface area contributed by atoms with Crippen molar-refractivity contribution in [3.05, 3.63) is 46.6 Å². The van der Waals surface area contributed by atoms with Gasteiger partial charge in [0.25, 0.3) is 5.91 Å². The second kappa shape index (κ2) is 9.52. The molecule has 0 unspecified atom stereocenters. The first-order valence-electron chi connectivity index (χ1n) is 9.35. The molecule has 2 N–H and O–H groups in total. The Balaban J connectivity index is 1.67. The van der Waals surface area contributed by atoms with Crippen LogP contribution in [0.25, 0.3) is 0 Å². The van der Waals surface area contributed by atoms with Gasteiger partial charge in [-0.2, -0.15) is 0 Å². The van der Waals surface area contributed by atoms with Gasteiger partial charge in [0.05, 0.1) is 12.7 Å². The molecule has 8 heteroatoms. The molecule has 1 aromatic carbocycles. The fourth-order valence-corrected chi connectivity index (χ4v) is 3.14. The molecule has 152 valence electrons. The van der Waals surface area contributed by atoms with E-state index in [-0.39, 0.29) is 27.8 Å². The van der Waals surface area contributed by atoms with Crippen LogP contribution in [0, 0.1) is 5.92 Å². The highest BCUT2D eigenvalue weighted by atomic mass is 35.5. The molecule has 7 nitrogen and oxygen atoms in total. The second-order valence-electron chi connectivity index (χ2n) is 6.87. The van der Waals surface area contributed by atoms with Gasteiger partial charge in [-0.1, -0.05) is 30.9 Å². The van der Waals surface area contributed by atoms with Crippen LogP contribution < -0.4 is 15.2 Å². The first-order chi connectivity index (χ1) is 14.0. The lowest BCUT2D eigenvalue weighted by Gasteiger charge is -2.24. The topological polar surface area (TPSA) is 104 Å². The fourth-order valence-electron chi connectivity index (χ4n) is 2.93. The SMILES string of the molecule is COc1cc(Oc2ncc(C(=O)/N=C\CCC3CCC3)cc2Cl)cc(C(N)=O)c1. The molecule has 2 amide bonds. The van der Waals surface area contributed by atoms with Gasteiger partial charge in [0.1, 0.15) is 16.5 Å². The zero-order valence-corrected chi connectivity index (χ0v) is 16.8. The Labute approximate surface area is 173 Å². The summed E-state index contributed by atoms with van der Waals surface area (Å²) in [4.78, 5) is 31.7. The number of hydrogen-bond donors (Lipinski definition) is 1. The summed E-state index contributed by atoms with van der Waals surface area (Å²) in [5.74, 6) is 0.508. The number of carbonyl (C=O) groups excluding carboxylic acids is 2. The van der Waals surface area contributed by atoms with E-state index in [2.05, 4.69) is 9.98 Å². The molecule has 0 radical (unpaired) electrons. The van der Waals surface area contributed by atoms with Gasteiger partial charge in [0, 0.05) is 24.0 Å². The number of aromatic nitrogens is 1. The van der Waals surface area contributed by atoms with E-state index in [9.17, 15) is 9.59 Å². The van der Waals surface area contributed by atoms with Crippen LogP contribution in [-0.2, 0) is 0 Å². The van der Waals surface area contributed by atoms with Gasteiger partial charge in [0.15, 0.2) is 0 Å². The third-order valence-corrected chi connectivity index (χ3v) is 5.08. The van der Waals surface area contributed by atoms with Gasteiger partial charge >= 0.3 is 0 Å². The number of nitrogens with two attached hydrogens (primary N) is 1. The van der Waals surface area contributed by atoms with Crippen molar-refractivity contribution in [1.29, 1.82) is 0 Å². The number of pyridine rings is 1. The predicted molar refractivity (Wildman–Crippen MR) is 110 cm³/mol. The van der Waals surface area contributed by atoms with Crippen molar-refractivity contribution in [3.63, 3.8) is 0 Å². The number of methoxy groups -OCH3 is 1. The van der Waals surface area contributed by atoms with Gasteiger partial charge in [-0.15, -0.1) is 0 Å². The number of primary amides is 1. The quantitative estimate of drug-likeness (QED) is 0.642. The number of carbonyl (C=O) groups is 2. The van der Waals surface area contributed by atoms with Crippen LogP contribution in [0.2, 0.25) is 5.02 Å². The Bertz CT molecular complexity index is 942. The Morgan fingerprint density at radius 3 is 2.62 bits per heavy atom. The van der Waals surface area contributed by atoms with Crippen molar-refractivity contribution in [2.45, 2.75) is 32.1 Å². The molecule has 2 aromatic rings. The summed E-state index contributed by atoms with van der Waals surface area (Å²) in [5, 5.41) is 0.143. The minimum atomic E-state index is -0.621. The second-order valence-corrected chi connectivity index (χ2v) is 7.27. The van der Waals surface area contributed by atoms with E-state index in [1.165, 1.54) is 50.8 Å². The van der Waals surface area contributed by atoms with Crippen LogP contribution in [-0.4, -0.2) is 30.1 Å². The zero-order chi connectivity index (χ0) is 20.8. The molecule has 1 aliphatic carbocycles. The molecule has 1 fully saturated rings. The van der Waals surface area contributed by atoms with Crippen molar-refractivity contribution >= 4 is 29.6 Å². The van der Waals surface area contributed by atoms with E-state index in [4.69, 9.17) is 26.8 Å². The maximum Gasteiger partial charge on any atom is 0.278 e. The number of benzene rings is 1. The van der Waals surface area contributed by atoms with Gasteiger partial charge in [-0.3, -0.25) is 9.59 Å². The third-order valence-electron chi connectivity index (χ3n) is 4.81. The Morgan fingerprint density at radius 2 is 2.00 bits per heavy atom. The summed E-state index contributed by atoms with van der Waals surface area (Å²) in [5.41, 5.74) is 5.81. The van der Waals surface area contributed by atoms with E-state index < -0.39 is 11.8 Å². The van der Waals surface area contributed by atoms with E-state index in [1.807, 2.05) is 0 Å². The molecular formula is C21H22ClN3O4. The van der Waals surface area contributed by atoms with Crippen molar-refractivity contribution in [2.24, 2.45) is 16.6 Å². The van der Waals surface area contributed by atoms with Gasteiger partial charge in [0.2, 0.25) is 11.8 Å². The minimum absolute atomic E-state index is 0.0841. The van der Waals surface area contributed by atoms with Crippen LogP contribution in [0.5, 0.6) is 17.4 Å². The summed E-state index contributed by atoms with van der Waals surface area (Å²) in [6.07, 6.45) is 8.71. The lowest BCUT2D eigenvalue weighted by Crippen LogP contribution is -2.11. The van der Waals surface area contributed by atoms with Gasteiger partial charge < -0.3 is 15.2 Å². The number of halogens is 1. The highest BCUT2D eigenvalue weighted by molar-refractivity contribution is 6.32.